The maximum atomic E-state index is 11.9. The fraction of sp³-hybridized carbons (Fsp3) is 0.474. The van der Waals surface area contributed by atoms with E-state index in [9.17, 15) is 10.1 Å². The lowest BCUT2D eigenvalue weighted by molar-refractivity contribution is -0.383. The summed E-state index contributed by atoms with van der Waals surface area (Å²) in [6.45, 7) is 9.01. The Hall–Kier alpha value is -2.78. The van der Waals surface area contributed by atoms with Gasteiger partial charge in [0.1, 0.15) is 6.33 Å². The molecule has 0 spiro atoms. The zero-order valence-electron chi connectivity index (χ0n) is 16.3. The molecule has 150 valence electrons. The van der Waals surface area contributed by atoms with E-state index < -0.39 is 4.92 Å². The first kappa shape index (κ1) is 20.0. The van der Waals surface area contributed by atoms with Gasteiger partial charge in [0.25, 0.3) is 0 Å². The van der Waals surface area contributed by atoms with Crippen LogP contribution >= 0.6 is 0 Å². The maximum absolute atomic E-state index is 11.9. The zero-order valence-corrected chi connectivity index (χ0v) is 16.3. The van der Waals surface area contributed by atoms with Gasteiger partial charge in [-0.3, -0.25) is 15.0 Å². The average molecular weight is 386 g/mol. The van der Waals surface area contributed by atoms with Crippen LogP contribution in [0.1, 0.15) is 12.5 Å². The van der Waals surface area contributed by atoms with Gasteiger partial charge in [-0.15, -0.1) is 0 Å². The summed E-state index contributed by atoms with van der Waals surface area (Å²) >= 11 is 0. The standard InChI is InChI=1S/C19H26N6O3/c1-3-24(16-6-4-5-15(2)13-16)19-17(25(26)27)18(21-14-22-19)20-7-8-23-9-11-28-12-10-23/h4-6,13-14H,3,7-12H2,1-2H3,(H,20,21,22). The van der Waals surface area contributed by atoms with E-state index in [1.807, 2.05) is 43.0 Å². The summed E-state index contributed by atoms with van der Waals surface area (Å²) in [5, 5.41) is 15.0. The Morgan fingerprint density at radius 3 is 2.79 bits per heavy atom. The van der Waals surface area contributed by atoms with Gasteiger partial charge < -0.3 is 15.0 Å². The van der Waals surface area contributed by atoms with Gasteiger partial charge in [0, 0.05) is 38.4 Å². The minimum Gasteiger partial charge on any atom is -0.379 e. The number of ether oxygens (including phenoxy) is 1. The molecule has 1 fully saturated rings. The number of benzene rings is 1. The monoisotopic (exact) mass is 386 g/mol. The van der Waals surface area contributed by atoms with Crippen LogP contribution in [-0.4, -0.2) is 65.7 Å². The number of nitro groups is 1. The molecule has 1 N–H and O–H groups in total. The smallest absolute Gasteiger partial charge is 0.353 e. The lowest BCUT2D eigenvalue weighted by atomic mass is 10.2. The lowest BCUT2D eigenvalue weighted by Crippen LogP contribution is -2.39. The Morgan fingerprint density at radius 2 is 2.11 bits per heavy atom. The molecule has 28 heavy (non-hydrogen) atoms. The maximum Gasteiger partial charge on any atom is 0.353 e. The van der Waals surface area contributed by atoms with Gasteiger partial charge in [0.15, 0.2) is 0 Å². The second-order valence-electron chi connectivity index (χ2n) is 6.62. The van der Waals surface area contributed by atoms with Crippen molar-refractivity contribution in [2.45, 2.75) is 13.8 Å². The molecule has 9 heteroatoms. The normalized spacial score (nSPS) is 14.6. The summed E-state index contributed by atoms with van der Waals surface area (Å²) < 4.78 is 5.34. The number of hydrogen-bond acceptors (Lipinski definition) is 8. The van der Waals surface area contributed by atoms with Crippen LogP contribution in [-0.2, 0) is 4.74 Å². The van der Waals surface area contributed by atoms with Crippen molar-refractivity contribution in [3.05, 3.63) is 46.3 Å². The molecule has 1 aliphatic rings. The van der Waals surface area contributed by atoms with Crippen molar-refractivity contribution < 1.29 is 9.66 Å². The molecule has 0 saturated carbocycles. The quantitative estimate of drug-likeness (QED) is 0.546. The van der Waals surface area contributed by atoms with E-state index in [1.165, 1.54) is 6.33 Å². The SMILES string of the molecule is CCN(c1cccc(C)c1)c1ncnc(NCCN2CCOCC2)c1[N+](=O)[O-]. The molecule has 3 rings (SSSR count). The van der Waals surface area contributed by atoms with E-state index in [1.54, 1.807) is 0 Å². The summed E-state index contributed by atoms with van der Waals surface area (Å²) in [4.78, 5) is 23.9. The second-order valence-corrected chi connectivity index (χ2v) is 6.62. The van der Waals surface area contributed by atoms with Crippen LogP contribution in [0.3, 0.4) is 0 Å². The molecule has 1 aromatic carbocycles. The topological polar surface area (TPSA) is 96.7 Å². The van der Waals surface area contributed by atoms with Gasteiger partial charge in [-0.2, -0.15) is 0 Å². The number of anilines is 3. The summed E-state index contributed by atoms with van der Waals surface area (Å²) in [5.41, 5.74) is 1.84. The van der Waals surface area contributed by atoms with Crippen molar-refractivity contribution in [3.63, 3.8) is 0 Å². The largest absolute Gasteiger partial charge is 0.379 e. The first-order valence-electron chi connectivity index (χ1n) is 9.47. The highest BCUT2D eigenvalue weighted by molar-refractivity contribution is 5.75. The van der Waals surface area contributed by atoms with Gasteiger partial charge in [0.05, 0.1) is 18.1 Å². The Kier molecular flexibility index (Phi) is 6.72. The van der Waals surface area contributed by atoms with Crippen LogP contribution < -0.4 is 10.2 Å². The van der Waals surface area contributed by atoms with Crippen LogP contribution in [0, 0.1) is 17.0 Å². The third-order valence-electron chi connectivity index (χ3n) is 4.69. The van der Waals surface area contributed by atoms with Gasteiger partial charge in [-0.1, -0.05) is 12.1 Å². The molecule has 0 unspecified atom stereocenters. The highest BCUT2D eigenvalue weighted by atomic mass is 16.6. The molecule has 0 aliphatic carbocycles. The molecule has 2 heterocycles. The summed E-state index contributed by atoms with van der Waals surface area (Å²) in [7, 11) is 0. The zero-order chi connectivity index (χ0) is 19.9. The molecular weight excluding hydrogens is 360 g/mol. The average Bonchev–Trinajstić information content (AvgIpc) is 2.69. The number of morpholine rings is 1. The van der Waals surface area contributed by atoms with E-state index in [2.05, 4.69) is 20.2 Å². The fourth-order valence-electron chi connectivity index (χ4n) is 3.27. The molecule has 1 aromatic heterocycles. The second kappa shape index (κ2) is 9.43. The molecule has 0 atom stereocenters. The van der Waals surface area contributed by atoms with Crippen LogP contribution in [0.25, 0.3) is 0 Å². The molecule has 1 saturated heterocycles. The molecule has 9 nitrogen and oxygen atoms in total. The Balaban J connectivity index is 1.83. The Morgan fingerprint density at radius 1 is 1.32 bits per heavy atom. The molecule has 1 aliphatic heterocycles. The number of aromatic nitrogens is 2. The van der Waals surface area contributed by atoms with Crippen molar-refractivity contribution in [1.82, 2.24) is 14.9 Å². The third kappa shape index (κ3) is 4.73. The van der Waals surface area contributed by atoms with Gasteiger partial charge in [-0.05, 0) is 31.5 Å². The molecular formula is C19H26N6O3. The van der Waals surface area contributed by atoms with Crippen LogP contribution in [0.5, 0.6) is 0 Å². The first-order chi connectivity index (χ1) is 13.6. The highest BCUT2D eigenvalue weighted by Gasteiger charge is 2.27. The number of nitrogens with one attached hydrogen (secondary N) is 1. The van der Waals surface area contributed by atoms with E-state index in [-0.39, 0.29) is 11.5 Å². The minimum absolute atomic E-state index is 0.104. The number of aryl methyl sites for hydroxylation is 1. The van der Waals surface area contributed by atoms with Crippen molar-refractivity contribution in [2.75, 3.05) is 56.2 Å². The lowest BCUT2D eigenvalue weighted by Gasteiger charge is -2.26. The van der Waals surface area contributed by atoms with E-state index >= 15 is 0 Å². The number of nitrogens with zero attached hydrogens (tertiary/aromatic N) is 5. The predicted octanol–water partition coefficient (Wildman–Crippen LogP) is 2.60. The Labute approximate surface area is 164 Å². The Bertz CT molecular complexity index is 810. The van der Waals surface area contributed by atoms with Crippen molar-refractivity contribution >= 4 is 23.0 Å². The van der Waals surface area contributed by atoms with Crippen molar-refractivity contribution in [2.24, 2.45) is 0 Å². The molecule has 0 radical (unpaired) electrons. The highest BCUT2D eigenvalue weighted by Crippen LogP contribution is 2.35. The predicted molar refractivity (Wildman–Crippen MR) is 108 cm³/mol. The molecule has 0 amide bonds. The summed E-state index contributed by atoms with van der Waals surface area (Å²) in [6.07, 6.45) is 1.37. The molecule has 0 bridgehead atoms. The van der Waals surface area contributed by atoms with E-state index in [0.717, 1.165) is 44.1 Å². The summed E-state index contributed by atoms with van der Waals surface area (Å²) in [5.74, 6) is 0.538. The van der Waals surface area contributed by atoms with Gasteiger partial charge in [0.2, 0.25) is 11.6 Å². The van der Waals surface area contributed by atoms with Crippen LogP contribution in [0.2, 0.25) is 0 Å². The van der Waals surface area contributed by atoms with Crippen molar-refractivity contribution in [3.8, 4) is 0 Å². The number of hydrogen-bond donors (Lipinski definition) is 1. The van der Waals surface area contributed by atoms with Crippen LogP contribution in [0.15, 0.2) is 30.6 Å². The van der Waals surface area contributed by atoms with Crippen LogP contribution in [0.4, 0.5) is 23.0 Å². The summed E-state index contributed by atoms with van der Waals surface area (Å²) in [6, 6.07) is 7.83. The van der Waals surface area contributed by atoms with Crippen molar-refractivity contribution in [1.29, 1.82) is 0 Å². The molecule has 2 aromatic rings. The number of rotatable bonds is 8. The third-order valence-corrected chi connectivity index (χ3v) is 4.69. The minimum atomic E-state index is -0.412. The van der Waals surface area contributed by atoms with E-state index in [4.69, 9.17) is 4.74 Å². The van der Waals surface area contributed by atoms with Gasteiger partial charge in [-0.25, -0.2) is 9.97 Å². The van der Waals surface area contributed by atoms with E-state index in [0.29, 0.717) is 18.9 Å². The fourth-order valence-corrected chi connectivity index (χ4v) is 3.27. The first-order valence-corrected chi connectivity index (χ1v) is 9.47. The van der Waals surface area contributed by atoms with Gasteiger partial charge >= 0.3 is 5.69 Å².